The van der Waals surface area contributed by atoms with Gasteiger partial charge < -0.3 is 9.88 Å². The van der Waals surface area contributed by atoms with Crippen molar-refractivity contribution >= 4 is 17.8 Å². The number of benzene rings is 1. The van der Waals surface area contributed by atoms with Crippen LogP contribution in [0.5, 0.6) is 0 Å². The van der Waals surface area contributed by atoms with Crippen molar-refractivity contribution in [2.24, 2.45) is 0 Å². The second kappa shape index (κ2) is 4.87. The van der Waals surface area contributed by atoms with Gasteiger partial charge in [0.25, 0.3) is 0 Å². The molecule has 2 rings (SSSR count). The standard InChI is InChI=1S/C14H14N2O2/c1-16(2)13-5-3-10(4-6-13)14(18)11-7-12(9-17)15-8-11/h3-9,15H,1-2H3. The summed E-state index contributed by atoms with van der Waals surface area (Å²) in [7, 11) is 3.89. The molecule has 0 bridgehead atoms. The molecule has 0 spiro atoms. The average Bonchev–Trinajstić information content (AvgIpc) is 2.86. The smallest absolute Gasteiger partial charge is 0.194 e. The normalized spacial score (nSPS) is 10.1. The number of ketones is 1. The van der Waals surface area contributed by atoms with Gasteiger partial charge in [0.1, 0.15) is 0 Å². The molecule has 4 heteroatoms. The average molecular weight is 242 g/mol. The van der Waals surface area contributed by atoms with Crippen molar-refractivity contribution in [3.05, 3.63) is 53.3 Å². The predicted octanol–water partition coefficient (Wildman–Crippen LogP) is 2.12. The molecule has 0 radical (unpaired) electrons. The van der Waals surface area contributed by atoms with Crippen molar-refractivity contribution in [3.8, 4) is 0 Å². The maximum absolute atomic E-state index is 12.1. The molecule has 0 fully saturated rings. The number of hydrogen-bond donors (Lipinski definition) is 1. The summed E-state index contributed by atoms with van der Waals surface area (Å²) >= 11 is 0. The van der Waals surface area contributed by atoms with Crippen molar-refractivity contribution in [1.82, 2.24) is 4.98 Å². The van der Waals surface area contributed by atoms with Gasteiger partial charge in [-0.05, 0) is 30.3 Å². The lowest BCUT2D eigenvalue weighted by Gasteiger charge is -2.12. The number of hydrogen-bond acceptors (Lipinski definition) is 3. The third-order valence-corrected chi connectivity index (χ3v) is 2.74. The van der Waals surface area contributed by atoms with Crippen LogP contribution in [0.3, 0.4) is 0 Å². The van der Waals surface area contributed by atoms with E-state index in [1.807, 2.05) is 31.1 Å². The number of nitrogens with one attached hydrogen (secondary N) is 1. The molecule has 1 aromatic carbocycles. The first-order chi connectivity index (χ1) is 8.61. The lowest BCUT2D eigenvalue weighted by molar-refractivity contribution is 0.103. The van der Waals surface area contributed by atoms with Crippen LogP contribution in [0.15, 0.2) is 36.5 Å². The summed E-state index contributed by atoms with van der Waals surface area (Å²) < 4.78 is 0. The minimum Gasteiger partial charge on any atom is -0.378 e. The van der Waals surface area contributed by atoms with E-state index >= 15 is 0 Å². The molecule has 92 valence electrons. The first kappa shape index (κ1) is 12.1. The van der Waals surface area contributed by atoms with Gasteiger partial charge in [-0.25, -0.2) is 0 Å². The second-order valence-corrected chi connectivity index (χ2v) is 4.23. The molecule has 0 aliphatic carbocycles. The molecular formula is C14H14N2O2. The Labute approximate surface area is 105 Å². The SMILES string of the molecule is CN(C)c1ccc(C(=O)c2c[nH]c(C=O)c2)cc1. The van der Waals surface area contributed by atoms with E-state index < -0.39 is 0 Å². The topological polar surface area (TPSA) is 53.2 Å². The van der Waals surface area contributed by atoms with Crippen molar-refractivity contribution in [3.63, 3.8) is 0 Å². The van der Waals surface area contributed by atoms with E-state index in [-0.39, 0.29) is 5.78 Å². The van der Waals surface area contributed by atoms with E-state index in [0.717, 1.165) is 5.69 Å². The number of rotatable bonds is 4. The van der Waals surface area contributed by atoms with Crippen LogP contribution in [-0.4, -0.2) is 31.1 Å². The highest BCUT2D eigenvalue weighted by molar-refractivity contribution is 6.09. The van der Waals surface area contributed by atoms with Gasteiger partial charge in [-0.3, -0.25) is 9.59 Å². The van der Waals surface area contributed by atoms with Crippen LogP contribution in [0.2, 0.25) is 0 Å². The molecule has 2 aromatic rings. The number of carbonyl (C=O) groups excluding carboxylic acids is 2. The quantitative estimate of drug-likeness (QED) is 0.660. The monoisotopic (exact) mass is 242 g/mol. The summed E-state index contributed by atoms with van der Waals surface area (Å²) in [5.74, 6) is -0.0929. The Kier molecular flexibility index (Phi) is 3.28. The third-order valence-electron chi connectivity index (χ3n) is 2.74. The predicted molar refractivity (Wildman–Crippen MR) is 70.4 cm³/mol. The molecule has 0 saturated carbocycles. The van der Waals surface area contributed by atoms with Crippen LogP contribution >= 0.6 is 0 Å². The molecule has 0 amide bonds. The lowest BCUT2D eigenvalue weighted by Crippen LogP contribution is -2.09. The van der Waals surface area contributed by atoms with Gasteiger partial charge in [0.2, 0.25) is 0 Å². The summed E-state index contributed by atoms with van der Waals surface area (Å²) in [5, 5.41) is 0. The molecule has 0 atom stereocenters. The van der Waals surface area contributed by atoms with E-state index in [0.29, 0.717) is 23.1 Å². The first-order valence-corrected chi connectivity index (χ1v) is 5.57. The van der Waals surface area contributed by atoms with E-state index in [4.69, 9.17) is 0 Å². The van der Waals surface area contributed by atoms with Crippen LogP contribution in [0.1, 0.15) is 26.4 Å². The van der Waals surface area contributed by atoms with Gasteiger partial charge in [-0.2, -0.15) is 0 Å². The number of carbonyl (C=O) groups is 2. The van der Waals surface area contributed by atoms with E-state index in [9.17, 15) is 9.59 Å². The van der Waals surface area contributed by atoms with Gasteiger partial charge in [0.05, 0.1) is 5.69 Å². The van der Waals surface area contributed by atoms with Crippen LogP contribution in [0.25, 0.3) is 0 Å². The highest BCUT2D eigenvalue weighted by Crippen LogP contribution is 2.15. The van der Waals surface area contributed by atoms with Crippen LogP contribution in [0.4, 0.5) is 5.69 Å². The maximum Gasteiger partial charge on any atom is 0.194 e. The number of nitrogens with zero attached hydrogens (tertiary/aromatic N) is 1. The fourth-order valence-electron chi connectivity index (χ4n) is 1.69. The third kappa shape index (κ3) is 2.32. The minimum atomic E-state index is -0.0929. The van der Waals surface area contributed by atoms with Crippen molar-refractivity contribution < 1.29 is 9.59 Å². The number of aldehydes is 1. The molecule has 0 unspecified atom stereocenters. The molecule has 1 heterocycles. The zero-order chi connectivity index (χ0) is 13.1. The number of aromatic nitrogens is 1. The van der Waals surface area contributed by atoms with Gasteiger partial charge in [-0.1, -0.05) is 0 Å². The Morgan fingerprint density at radius 1 is 1.17 bits per heavy atom. The molecule has 18 heavy (non-hydrogen) atoms. The van der Waals surface area contributed by atoms with Gasteiger partial charge >= 0.3 is 0 Å². The molecule has 1 N–H and O–H groups in total. The highest BCUT2D eigenvalue weighted by Gasteiger charge is 2.11. The zero-order valence-corrected chi connectivity index (χ0v) is 10.3. The molecular weight excluding hydrogens is 228 g/mol. The maximum atomic E-state index is 12.1. The fourth-order valence-corrected chi connectivity index (χ4v) is 1.69. The summed E-state index contributed by atoms with van der Waals surface area (Å²) in [6.45, 7) is 0. The highest BCUT2D eigenvalue weighted by atomic mass is 16.1. The summed E-state index contributed by atoms with van der Waals surface area (Å²) in [4.78, 5) is 27.4. The van der Waals surface area contributed by atoms with Gasteiger partial charge in [0.15, 0.2) is 12.1 Å². The largest absolute Gasteiger partial charge is 0.378 e. The van der Waals surface area contributed by atoms with Crippen molar-refractivity contribution in [1.29, 1.82) is 0 Å². The molecule has 0 saturated heterocycles. The lowest BCUT2D eigenvalue weighted by atomic mass is 10.1. The molecule has 1 aromatic heterocycles. The Bertz CT molecular complexity index is 568. The second-order valence-electron chi connectivity index (χ2n) is 4.23. The van der Waals surface area contributed by atoms with Gasteiger partial charge in [-0.15, -0.1) is 0 Å². The van der Waals surface area contributed by atoms with Gasteiger partial charge in [0, 0.05) is 37.1 Å². The Morgan fingerprint density at radius 3 is 2.33 bits per heavy atom. The molecule has 0 aliphatic heterocycles. The summed E-state index contributed by atoms with van der Waals surface area (Å²) in [6.07, 6.45) is 2.23. The van der Waals surface area contributed by atoms with Crippen molar-refractivity contribution in [2.75, 3.05) is 19.0 Å². The molecule has 0 aliphatic rings. The Balaban J connectivity index is 2.25. The molecule has 4 nitrogen and oxygen atoms in total. The fraction of sp³-hybridized carbons (Fsp3) is 0.143. The van der Waals surface area contributed by atoms with E-state index in [2.05, 4.69) is 4.98 Å². The van der Waals surface area contributed by atoms with Crippen LogP contribution in [0, 0.1) is 0 Å². The zero-order valence-electron chi connectivity index (χ0n) is 10.3. The van der Waals surface area contributed by atoms with E-state index in [1.165, 1.54) is 0 Å². The Hall–Kier alpha value is -2.36. The summed E-state index contributed by atoms with van der Waals surface area (Å²) in [6, 6.07) is 8.90. The number of H-pyrrole nitrogens is 1. The summed E-state index contributed by atoms with van der Waals surface area (Å²) in [5.41, 5.74) is 2.55. The number of anilines is 1. The van der Waals surface area contributed by atoms with Crippen molar-refractivity contribution in [2.45, 2.75) is 0 Å². The first-order valence-electron chi connectivity index (χ1n) is 5.57. The minimum absolute atomic E-state index is 0.0929. The Morgan fingerprint density at radius 2 is 1.83 bits per heavy atom. The van der Waals surface area contributed by atoms with Crippen LogP contribution < -0.4 is 4.90 Å². The van der Waals surface area contributed by atoms with Crippen LogP contribution in [-0.2, 0) is 0 Å². The van der Waals surface area contributed by atoms with E-state index in [1.54, 1.807) is 24.4 Å². The number of aromatic amines is 1.